The van der Waals surface area contributed by atoms with E-state index in [0.717, 1.165) is 18.3 Å². The predicted octanol–water partition coefficient (Wildman–Crippen LogP) is 4.26. The maximum absolute atomic E-state index is 9.40. The van der Waals surface area contributed by atoms with Crippen LogP contribution in [0.25, 0.3) is 0 Å². The summed E-state index contributed by atoms with van der Waals surface area (Å²) in [5, 5.41) is 13.3. The molecule has 0 saturated heterocycles. The molecule has 0 amide bonds. The number of nitrogens with one attached hydrogen (secondary N) is 1. The van der Waals surface area contributed by atoms with Gasteiger partial charge in [0, 0.05) is 12.1 Å². The summed E-state index contributed by atoms with van der Waals surface area (Å²) < 4.78 is 0. The van der Waals surface area contributed by atoms with Crippen molar-refractivity contribution in [2.24, 2.45) is 17.8 Å². The first kappa shape index (κ1) is 14.9. The van der Waals surface area contributed by atoms with Gasteiger partial charge in [0.1, 0.15) is 0 Å². The third kappa shape index (κ3) is 3.96. The van der Waals surface area contributed by atoms with Crippen LogP contribution in [0.1, 0.15) is 71.6 Å². The van der Waals surface area contributed by atoms with Crippen molar-refractivity contribution >= 4 is 0 Å². The SMILES string of the molecule is CC(C)C1CCCCC1NC1CCCCCC1C#N. The minimum atomic E-state index is 0.247. The molecule has 0 radical (unpaired) electrons. The highest BCUT2D eigenvalue weighted by atomic mass is 15.0. The molecule has 2 rings (SSSR count). The summed E-state index contributed by atoms with van der Waals surface area (Å²) in [5.74, 6) is 1.83. The lowest BCUT2D eigenvalue weighted by Gasteiger charge is -2.38. The average Bonchev–Trinajstić information content (AvgIpc) is 2.64. The second kappa shape index (κ2) is 7.29. The van der Waals surface area contributed by atoms with Crippen molar-refractivity contribution in [1.29, 1.82) is 5.26 Å². The summed E-state index contributed by atoms with van der Waals surface area (Å²) in [6, 6.07) is 3.68. The minimum Gasteiger partial charge on any atom is -0.310 e. The normalized spacial score (nSPS) is 36.7. The summed E-state index contributed by atoms with van der Waals surface area (Å²) in [6.07, 6.45) is 11.6. The maximum atomic E-state index is 9.40. The Hall–Kier alpha value is -0.550. The zero-order valence-electron chi connectivity index (χ0n) is 12.7. The van der Waals surface area contributed by atoms with Gasteiger partial charge in [-0.3, -0.25) is 0 Å². The van der Waals surface area contributed by atoms with Crippen LogP contribution in [-0.2, 0) is 0 Å². The van der Waals surface area contributed by atoms with E-state index in [1.54, 1.807) is 0 Å². The van der Waals surface area contributed by atoms with Gasteiger partial charge in [0.25, 0.3) is 0 Å². The van der Waals surface area contributed by atoms with Crippen molar-refractivity contribution in [2.75, 3.05) is 0 Å². The zero-order chi connectivity index (χ0) is 13.7. The molecule has 2 heteroatoms. The molecule has 0 spiro atoms. The molecule has 0 heterocycles. The fourth-order valence-electron chi connectivity index (χ4n) is 4.10. The summed E-state index contributed by atoms with van der Waals surface area (Å²) in [5.41, 5.74) is 0. The molecular weight excluding hydrogens is 232 g/mol. The monoisotopic (exact) mass is 262 g/mol. The van der Waals surface area contributed by atoms with Crippen LogP contribution < -0.4 is 5.32 Å². The number of nitriles is 1. The first-order valence-corrected chi connectivity index (χ1v) is 8.38. The number of hydrogen-bond donors (Lipinski definition) is 1. The van der Waals surface area contributed by atoms with E-state index < -0.39 is 0 Å². The van der Waals surface area contributed by atoms with Crippen molar-refractivity contribution in [3.8, 4) is 6.07 Å². The van der Waals surface area contributed by atoms with Gasteiger partial charge in [-0.05, 0) is 37.5 Å². The molecule has 0 aromatic rings. The second-order valence-electron chi connectivity index (χ2n) is 6.95. The molecule has 2 aliphatic rings. The van der Waals surface area contributed by atoms with Gasteiger partial charge in [-0.2, -0.15) is 5.26 Å². The second-order valence-corrected chi connectivity index (χ2v) is 6.95. The van der Waals surface area contributed by atoms with Crippen molar-refractivity contribution < 1.29 is 0 Å². The Morgan fingerprint density at radius 3 is 2.26 bits per heavy atom. The molecule has 1 N–H and O–H groups in total. The molecule has 2 saturated carbocycles. The molecule has 4 unspecified atom stereocenters. The molecule has 108 valence electrons. The van der Waals surface area contributed by atoms with Gasteiger partial charge in [-0.25, -0.2) is 0 Å². The summed E-state index contributed by atoms with van der Waals surface area (Å²) >= 11 is 0. The van der Waals surface area contributed by atoms with Crippen LogP contribution in [0.5, 0.6) is 0 Å². The predicted molar refractivity (Wildman–Crippen MR) is 79.7 cm³/mol. The third-order valence-corrected chi connectivity index (χ3v) is 5.29. The van der Waals surface area contributed by atoms with Crippen LogP contribution in [0, 0.1) is 29.1 Å². The fourth-order valence-corrected chi connectivity index (χ4v) is 4.10. The van der Waals surface area contributed by atoms with Crippen LogP contribution in [-0.4, -0.2) is 12.1 Å². The standard InChI is InChI=1S/C17H30N2/c1-13(2)15-9-6-7-11-17(15)19-16-10-5-3-4-8-14(16)12-18/h13-17,19H,3-11H2,1-2H3. The summed E-state index contributed by atoms with van der Waals surface area (Å²) in [6.45, 7) is 4.72. The van der Waals surface area contributed by atoms with Gasteiger partial charge >= 0.3 is 0 Å². The van der Waals surface area contributed by atoms with Gasteiger partial charge in [0.05, 0.1) is 12.0 Å². The Bertz CT molecular complexity index is 305. The van der Waals surface area contributed by atoms with E-state index in [2.05, 4.69) is 25.2 Å². The molecule has 4 atom stereocenters. The van der Waals surface area contributed by atoms with Crippen LogP contribution in [0.3, 0.4) is 0 Å². The van der Waals surface area contributed by atoms with E-state index in [9.17, 15) is 5.26 Å². The number of hydrogen-bond acceptors (Lipinski definition) is 2. The maximum Gasteiger partial charge on any atom is 0.0672 e. The van der Waals surface area contributed by atoms with E-state index in [1.165, 1.54) is 51.4 Å². The molecule has 0 aromatic carbocycles. The van der Waals surface area contributed by atoms with E-state index >= 15 is 0 Å². The van der Waals surface area contributed by atoms with Gasteiger partial charge < -0.3 is 5.32 Å². The third-order valence-electron chi connectivity index (χ3n) is 5.29. The Balaban J connectivity index is 1.98. The van der Waals surface area contributed by atoms with Crippen molar-refractivity contribution in [2.45, 2.75) is 83.7 Å². The Labute approximate surface area is 119 Å². The Morgan fingerprint density at radius 1 is 0.895 bits per heavy atom. The number of rotatable bonds is 3. The highest BCUT2D eigenvalue weighted by Crippen LogP contribution is 2.32. The van der Waals surface area contributed by atoms with Crippen LogP contribution in [0.4, 0.5) is 0 Å². The molecule has 0 aliphatic heterocycles. The van der Waals surface area contributed by atoms with E-state index in [-0.39, 0.29) is 5.92 Å². The lowest BCUT2D eigenvalue weighted by molar-refractivity contribution is 0.180. The lowest BCUT2D eigenvalue weighted by atomic mass is 9.77. The van der Waals surface area contributed by atoms with E-state index in [0.29, 0.717) is 12.1 Å². The quantitative estimate of drug-likeness (QED) is 0.771. The van der Waals surface area contributed by atoms with Crippen molar-refractivity contribution in [1.82, 2.24) is 5.32 Å². The first-order chi connectivity index (χ1) is 9.22. The summed E-state index contributed by atoms with van der Waals surface area (Å²) in [4.78, 5) is 0. The van der Waals surface area contributed by atoms with Crippen LogP contribution in [0.15, 0.2) is 0 Å². The molecule has 0 aromatic heterocycles. The first-order valence-electron chi connectivity index (χ1n) is 8.38. The fraction of sp³-hybridized carbons (Fsp3) is 0.941. The van der Waals surface area contributed by atoms with Crippen LogP contribution in [0.2, 0.25) is 0 Å². The molecule has 2 aliphatic carbocycles. The lowest BCUT2D eigenvalue weighted by Crippen LogP contribution is -2.48. The zero-order valence-corrected chi connectivity index (χ0v) is 12.7. The van der Waals surface area contributed by atoms with E-state index in [1.807, 2.05) is 0 Å². The average molecular weight is 262 g/mol. The van der Waals surface area contributed by atoms with Crippen molar-refractivity contribution in [3.05, 3.63) is 0 Å². The smallest absolute Gasteiger partial charge is 0.0672 e. The minimum absolute atomic E-state index is 0.247. The molecule has 2 fully saturated rings. The molecule has 0 bridgehead atoms. The van der Waals surface area contributed by atoms with Gasteiger partial charge in [-0.15, -0.1) is 0 Å². The van der Waals surface area contributed by atoms with Gasteiger partial charge in [0.2, 0.25) is 0 Å². The largest absolute Gasteiger partial charge is 0.310 e. The molecule has 2 nitrogen and oxygen atoms in total. The Kier molecular flexibility index (Phi) is 5.70. The summed E-state index contributed by atoms with van der Waals surface area (Å²) in [7, 11) is 0. The highest BCUT2D eigenvalue weighted by Gasteiger charge is 2.32. The van der Waals surface area contributed by atoms with Gasteiger partial charge in [0.15, 0.2) is 0 Å². The Morgan fingerprint density at radius 2 is 1.53 bits per heavy atom. The van der Waals surface area contributed by atoms with Crippen LogP contribution >= 0.6 is 0 Å². The van der Waals surface area contributed by atoms with Crippen molar-refractivity contribution in [3.63, 3.8) is 0 Å². The van der Waals surface area contributed by atoms with E-state index in [4.69, 9.17) is 0 Å². The molecule has 19 heavy (non-hydrogen) atoms. The topological polar surface area (TPSA) is 35.8 Å². The van der Waals surface area contributed by atoms with Gasteiger partial charge in [-0.1, -0.05) is 46.0 Å². The molecular formula is C17H30N2. The highest BCUT2D eigenvalue weighted by molar-refractivity contribution is 4.96. The number of nitrogens with zero attached hydrogens (tertiary/aromatic N) is 1.